The molecule has 21 heavy (non-hydrogen) atoms. The Hall–Kier alpha value is -2.01. The van der Waals surface area contributed by atoms with E-state index in [1.165, 1.54) is 18.0 Å². The number of rotatable bonds is 3. The number of aliphatic hydroxyl groups is 3. The highest BCUT2D eigenvalue weighted by atomic mass is 16.6. The molecule has 0 bridgehead atoms. The van der Waals surface area contributed by atoms with Gasteiger partial charge in [-0.1, -0.05) is 0 Å². The van der Waals surface area contributed by atoms with Gasteiger partial charge < -0.3 is 30.5 Å². The molecular formula is C11H15N5O5. The minimum atomic E-state index is -1.23. The third-order valence-electron chi connectivity index (χ3n) is 3.40. The molecule has 3 heterocycles. The summed E-state index contributed by atoms with van der Waals surface area (Å²) in [6.45, 7) is -0.415. The summed E-state index contributed by atoms with van der Waals surface area (Å²) in [4.78, 5) is 12.1. The number of nitrogens with two attached hydrogens (primary N) is 1. The van der Waals surface area contributed by atoms with Crippen molar-refractivity contribution in [3.63, 3.8) is 0 Å². The van der Waals surface area contributed by atoms with Crippen LogP contribution in [0.5, 0.6) is 6.01 Å². The first-order valence-corrected chi connectivity index (χ1v) is 6.23. The molecule has 0 amide bonds. The maximum atomic E-state index is 10.0. The molecule has 114 valence electrons. The van der Waals surface area contributed by atoms with Crippen LogP contribution < -0.4 is 10.5 Å². The van der Waals surface area contributed by atoms with Gasteiger partial charge in [0.15, 0.2) is 23.2 Å². The lowest BCUT2D eigenvalue weighted by atomic mass is 10.1. The second kappa shape index (κ2) is 5.07. The number of hydrogen-bond donors (Lipinski definition) is 4. The van der Waals surface area contributed by atoms with Gasteiger partial charge in [0.1, 0.15) is 18.3 Å². The number of hydrogen-bond acceptors (Lipinski definition) is 9. The van der Waals surface area contributed by atoms with E-state index in [0.717, 1.165) is 0 Å². The van der Waals surface area contributed by atoms with Gasteiger partial charge in [-0.3, -0.25) is 4.57 Å². The molecule has 2 aromatic rings. The number of anilines is 1. The van der Waals surface area contributed by atoms with Crippen molar-refractivity contribution in [3.8, 4) is 6.01 Å². The van der Waals surface area contributed by atoms with Gasteiger partial charge in [-0.05, 0) is 0 Å². The van der Waals surface area contributed by atoms with Crippen LogP contribution in [0.3, 0.4) is 0 Å². The van der Waals surface area contributed by atoms with E-state index in [2.05, 4.69) is 15.0 Å². The number of imidazole rings is 1. The van der Waals surface area contributed by atoms with E-state index in [-0.39, 0.29) is 11.8 Å². The van der Waals surface area contributed by atoms with Crippen molar-refractivity contribution in [2.75, 3.05) is 19.5 Å². The first-order chi connectivity index (χ1) is 10.1. The molecule has 0 radical (unpaired) electrons. The van der Waals surface area contributed by atoms with Crippen molar-refractivity contribution in [2.45, 2.75) is 24.5 Å². The van der Waals surface area contributed by atoms with Gasteiger partial charge >= 0.3 is 6.01 Å². The van der Waals surface area contributed by atoms with Gasteiger partial charge in [-0.2, -0.15) is 9.97 Å². The molecule has 10 heteroatoms. The molecule has 4 atom stereocenters. The average molecular weight is 297 g/mol. The van der Waals surface area contributed by atoms with Gasteiger partial charge in [0.05, 0.1) is 20.0 Å². The standard InChI is InChI=1S/C11H15N5O5/c1-20-11-14-8(12)5-9(15-11)16(3-13-5)10-7(19)6(18)4(2-17)21-10/h3-4,6-7,10,17-19H,2H2,1H3,(H2,12,14,15)/t4-,6?,7+,10+/m0/s1. The zero-order valence-corrected chi connectivity index (χ0v) is 11.1. The van der Waals surface area contributed by atoms with E-state index in [9.17, 15) is 10.2 Å². The molecular weight excluding hydrogens is 282 g/mol. The van der Waals surface area contributed by atoms with Crippen molar-refractivity contribution in [3.05, 3.63) is 6.33 Å². The van der Waals surface area contributed by atoms with Gasteiger partial charge in [-0.15, -0.1) is 0 Å². The topological polar surface area (TPSA) is 149 Å². The molecule has 1 aliphatic heterocycles. The van der Waals surface area contributed by atoms with Crippen LogP contribution in [0.15, 0.2) is 6.33 Å². The molecule has 1 unspecified atom stereocenters. The normalized spacial score (nSPS) is 29.1. The molecule has 0 aromatic carbocycles. The third kappa shape index (κ3) is 2.08. The summed E-state index contributed by atoms with van der Waals surface area (Å²) in [7, 11) is 1.40. The fraction of sp³-hybridized carbons (Fsp3) is 0.545. The Morgan fingerprint density at radius 2 is 2.14 bits per heavy atom. The summed E-state index contributed by atoms with van der Waals surface area (Å²) in [5, 5.41) is 29.0. The summed E-state index contributed by atoms with van der Waals surface area (Å²) in [5.74, 6) is 0.127. The van der Waals surface area contributed by atoms with E-state index < -0.39 is 31.1 Å². The molecule has 10 nitrogen and oxygen atoms in total. The predicted octanol–water partition coefficient (Wildman–Crippen LogP) is -1.97. The molecule has 1 fully saturated rings. The first-order valence-electron chi connectivity index (χ1n) is 6.23. The average Bonchev–Trinajstić information content (AvgIpc) is 3.02. The maximum Gasteiger partial charge on any atom is 0.320 e. The molecule has 1 aliphatic rings. The van der Waals surface area contributed by atoms with Crippen LogP contribution in [0, 0.1) is 0 Å². The lowest BCUT2D eigenvalue weighted by Crippen LogP contribution is -2.33. The fourth-order valence-corrected chi connectivity index (χ4v) is 2.30. The van der Waals surface area contributed by atoms with E-state index in [0.29, 0.717) is 11.2 Å². The van der Waals surface area contributed by atoms with Gasteiger partial charge in [0.25, 0.3) is 0 Å². The minimum Gasteiger partial charge on any atom is -0.467 e. The Balaban J connectivity index is 2.07. The molecule has 5 N–H and O–H groups in total. The van der Waals surface area contributed by atoms with Crippen molar-refractivity contribution in [1.82, 2.24) is 19.5 Å². The quantitative estimate of drug-likeness (QED) is 0.506. The number of ether oxygens (including phenoxy) is 2. The summed E-state index contributed by atoms with van der Waals surface area (Å²) in [6, 6.07) is 0.0495. The van der Waals surface area contributed by atoms with Gasteiger partial charge in [0, 0.05) is 0 Å². The summed E-state index contributed by atoms with van der Waals surface area (Å²) < 4.78 is 11.8. The lowest BCUT2D eigenvalue weighted by molar-refractivity contribution is -0.0511. The molecule has 0 aliphatic carbocycles. The van der Waals surface area contributed by atoms with Crippen LogP contribution in [0.4, 0.5) is 5.82 Å². The Labute approximate surface area is 118 Å². The first kappa shape index (κ1) is 13.9. The SMILES string of the molecule is COc1nc(N)c2ncn([C@@H]3O[C@@H](CO)C(O)[C@H]3O)c2n1. The van der Waals surface area contributed by atoms with Crippen molar-refractivity contribution >= 4 is 17.0 Å². The Morgan fingerprint density at radius 3 is 2.76 bits per heavy atom. The number of fused-ring (bicyclic) bond motifs is 1. The van der Waals surface area contributed by atoms with Crippen LogP contribution in [0.2, 0.25) is 0 Å². The zero-order valence-electron chi connectivity index (χ0n) is 11.1. The largest absolute Gasteiger partial charge is 0.467 e. The number of nitrogen functional groups attached to an aromatic ring is 1. The number of aliphatic hydroxyl groups excluding tert-OH is 3. The van der Waals surface area contributed by atoms with Crippen molar-refractivity contribution in [1.29, 1.82) is 0 Å². The molecule has 0 spiro atoms. The Kier molecular flexibility index (Phi) is 3.37. The highest BCUT2D eigenvalue weighted by molar-refractivity contribution is 5.82. The van der Waals surface area contributed by atoms with Gasteiger partial charge in [-0.25, -0.2) is 4.98 Å². The zero-order chi connectivity index (χ0) is 15.1. The molecule has 1 saturated heterocycles. The van der Waals surface area contributed by atoms with E-state index >= 15 is 0 Å². The number of methoxy groups -OCH3 is 1. The van der Waals surface area contributed by atoms with E-state index in [1.54, 1.807) is 0 Å². The molecule has 0 saturated carbocycles. The number of aromatic nitrogens is 4. The van der Waals surface area contributed by atoms with Crippen LogP contribution in [0.1, 0.15) is 6.23 Å². The van der Waals surface area contributed by atoms with Crippen molar-refractivity contribution in [2.24, 2.45) is 0 Å². The fourth-order valence-electron chi connectivity index (χ4n) is 2.30. The second-order valence-electron chi connectivity index (χ2n) is 4.65. The van der Waals surface area contributed by atoms with Crippen LogP contribution in [-0.2, 0) is 4.74 Å². The highest BCUT2D eigenvalue weighted by Gasteiger charge is 2.44. The highest BCUT2D eigenvalue weighted by Crippen LogP contribution is 2.32. The Morgan fingerprint density at radius 1 is 1.38 bits per heavy atom. The van der Waals surface area contributed by atoms with Crippen molar-refractivity contribution < 1.29 is 24.8 Å². The lowest BCUT2D eigenvalue weighted by Gasteiger charge is -2.16. The maximum absolute atomic E-state index is 10.0. The second-order valence-corrected chi connectivity index (χ2v) is 4.65. The summed E-state index contributed by atoms with van der Waals surface area (Å²) in [6.07, 6.45) is -2.90. The van der Waals surface area contributed by atoms with Gasteiger partial charge in [0.2, 0.25) is 0 Å². The molecule has 2 aromatic heterocycles. The summed E-state index contributed by atoms with van der Waals surface area (Å²) in [5.41, 5.74) is 6.39. The van der Waals surface area contributed by atoms with E-state index in [4.69, 9.17) is 20.3 Å². The van der Waals surface area contributed by atoms with Crippen LogP contribution in [-0.4, -0.2) is 66.9 Å². The molecule has 3 rings (SSSR count). The monoisotopic (exact) mass is 297 g/mol. The number of nitrogens with zero attached hydrogens (tertiary/aromatic N) is 4. The summed E-state index contributed by atoms with van der Waals surface area (Å²) >= 11 is 0. The third-order valence-corrected chi connectivity index (χ3v) is 3.40. The smallest absolute Gasteiger partial charge is 0.320 e. The Bertz CT molecular complexity index is 662. The minimum absolute atomic E-state index is 0.0495. The van der Waals surface area contributed by atoms with Crippen LogP contribution >= 0.6 is 0 Å². The van der Waals surface area contributed by atoms with E-state index in [1.807, 2.05) is 0 Å². The predicted molar refractivity (Wildman–Crippen MR) is 69.3 cm³/mol. The van der Waals surface area contributed by atoms with Crippen LogP contribution in [0.25, 0.3) is 11.2 Å².